The molecule has 0 saturated heterocycles. The first-order chi connectivity index (χ1) is 11.5. The minimum atomic E-state index is -0.442. The topological polar surface area (TPSA) is 67.4 Å². The number of carbonyl (C=O) groups excluding carboxylic acids is 2. The van der Waals surface area contributed by atoms with E-state index in [4.69, 9.17) is 4.74 Å². The van der Waals surface area contributed by atoms with E-state index in [-0.39, 0.29) is 11.8 Å². The maximum absolute atomic E-state index is 12.7. The second-order valence-electron chi connectivity index (χ2n) is 6.02. The number of hydrogen-bond acceptors (Lipinski definition) is 3. The summed E-state index contributed by atoms with van der Waals surface area (Å²) in [6, 6.07) is 14.8. The van der Waals surface area contributed by atoms with E-state index in [0.717, 1.165) is 24.2 Å². The monoisotopic (exact) mass is 324 g/mol. The van der Waals surface area contributed by atoms with Crippen molar-refractivity contribution in [3.63, 3.8) is 0 Å². The zero-order chi connectivity index (χ0) is 17.2. The Balaban J connectivity index is 1.70. The fourth-order valence-corrected chi connectivity index (χ4v) is 2.77. The molecule has 0 radical (unpaired) electrons. The molecular weight excluding hydrogens is 304 g/mol. The van der Waals surface area contributed by atoms with E-state index < -0.39 is 5.41 Å². The molecule has 0 spiro atoms. The number of methoxy groups -OCH3 is 1. The van der Waals surface area contributed by atoms with Crippen molar-refractivity contribution < 1.29 is 14.3 Å². The molecule has 2 N–H and O–H groups in total. The predicted molar refractivity (Wildman–Crippen MR) is 93.3 cm³/mol. The third kappa shape index (κ3) is 3.25. The maximum atomic E-state index is 12.7. The number of amides is 2. The Labute approximate surface area is 141 Å². The lowest BCUT2D eigenvalue weighted by Crippen LogP contribution is -2.27. The van der Waals surface area contributed by atoms with Gasteiger partial charge < -0.3 is 15.4 Å². The standard InChI is InChI=1S/C19H20N2O3/c1-13(22)20-15-5-7-16(8-6-15)21-18(23)19(11-12-19)14-3-9-17(24-2)10-4-14/h3-10H,11-12H2,1-2H3,(H,20,22)(H,21,23). The van der Waals surface area contributed by atoms with E-state index in [2.05, 4.69) is 10.6 Å². The van der Waals surface area contributed by atoms with E-state index in [0.29, 0.717) is 11.4 Å². The Morgan fingerprint density at radius 3 is 1.92 bits per heavy atom. The van der Waals surface area contributed by atoms with Crippen molar-refractivity contribution in [3.8, 4) is 5.75 Å². The van der Waals surface area contributed by atoms with Gasteiger partial charge in [0.15, 0.2) is 0 Å². The summed E-state index contributed by atoms with van der Waals surface area (Å²) in [7, 11) is 1.62. The van der Waals surface area contributed by atoms with Crippen LogP contribution in [0.25, 0.3) is 0 Å². The van der Waals surface area contributed by atoms with Crippen LogP contribution >= 0.6 is 0 Å². The molecule has 2 aromatic rings. The molecule has 0 aliphatic heterocycles. The highest BCUT2D eigenvalue weighted by Gasteiger charge is 2.51. The van der Waals surface area contributed by atoms with E-state index in [9.17, 15) is 9.59 Å². The summed E-state index contributed by atoms with van der Waals surface area (Å²) >= 11 is 0. The Morgan fingerprint density at radius 2 is 1.46 bits per heavy atom. The molecule has 1 fully saturated rings. The van der Waals surface area contributed by atoms with Crippen molar-refractivity contribution in [3.05, 3.63) is 54.1 Å². The number of anilines is 2. The summed E-state index contributed by atoms with van der Waals surface area (Å²) < 4.78 is 5.17. The summed E-state index contributed by atoms with van der Waals surface area (Å²) in [5, 5.41) is 5.67. The molecule has 0 aromatic heterocycles. The number of benzene rings is 2. The second kappa shape index (κ2) is 6.35. The Hall–Kier alpha value is -2.82. The Morgan fingerprint density at radius 1 is 0.917 bits per heavy atom. The van der Waals surface area contributed by atoms with Crippen LogP contribution in [0.3, 0.4) is 0 Å². The van der Waals surface area contributed by atoms with Crippen molar-refractivity contribution in [2.75, 3.05) is 17.7 Å². The Kier molecular flexibility index (Phi) is 4.25. The van der Waals surface area contributed by atoms with Crippen LogP contribution in [0.4, 0.5) is 11.4 Å². The number of ether oxygens (including phenoxy) is 1. The van der Waals surface area contributed by atoms with Gasteiger partial charge in [-0.25, -0.2) is 0 Å². The molecule has 24 heavy (non-hydrogen) atoms. The molecule has 1 aliphatic carbocycles. The third-order valence-corrected chi connectivity index (χ3v) is 4.29. The molecule has 1 aliphatic rings. The van der Waals surface area contributed by atoms with Crippen LogP contribution in [0.5, 0.6) is 5.75 Å². The van der Waals surface area contributed by atoms with Gasteiger partial charge in [0.05, 0.1) is 12.5 Å². The van der Waals surface area contributed by atoms with Crippen LogP contribution in [-0.2, 0) is 15.0 Å². The summed E-state index contributed by atoms with van der Waals surface area (Å²) in [4.78, 5) is 23.7. The molecule has 0 unspecified atom stereocenters. The van der Waals surface area contributed by atoms with Gasteiger partial charge in [-0.2, -0.15) is 0 Å². The molecule has 5 heteroatoms. The van der Waals surface area contributed by atoms with Crippen LogP contribution in [0.15, 0.2) is 48.5 Å². The van der Waals surface area contributed by atoms with E-state index in [1.165, 1.54) is 6.92 Å². The predicted octanol–water partition coefficient (Wildman–Crippen LogP) is 3.32. The Bertz CT molecular complexity index is 747. The van der Waals surface area contributed by atoms with E-state index >= 15 is 0 Å². The summed E-state index contributed by atoms with van der Waals surface area (Å²) in [6.45, 7) is 1.46. The maximum Gasteiger partial charge on any atom is 0.235 e. The van der Waals surface area contributed by atoms with Crippen LogP contribution < -0.4 is 15.4 Å². The van der Waals surface area contributed by atoms with Gasteiger partial charge in [0, 0.05) is 18.3 Å². The lowest BCUT2D eigenvalue weighted by molar-refractivity contribution is -0.118. The van der Waals surface area contributed by atoms with Crippen LogP contribution in [-0.4, -0.2) is 18.9 Å². The van der Waals surface area contributed by atoms with Crippen LogP contribution in [0.2, 0.25) is 0 Å². The zero-order valence-corrected chi connectivity index (χ0v) is 13.8. The van der Waals surface area contributed by atoms with Gasteiger partial charge in [-0.3, -0.25) is 9.59 Å². The molecule has 2 amide bonds. The number of hydrogen-bond donors (Lipinski definition) is 2. The summed E-state index contributed by atoms with van der Waals surface area (Å²) in [5.74, 6) is 0.659. The molecule has 3 rings (SSSR count). The largest absolute Gasteiger partial charge is 0.497 e. The van der Waals surface area contributed by atoms with E-state index in [1.54, 1.807) is 31.4 Å². The molecule has 5 nitrogen and oxygen atoms in total. The van der Waals surface area contributed by atoms with Gasteiger partial charge >= 0.3 is 0 Å². The van der Waals surface area contributed by atoms with Crippen molar-refractivity contribution >= 4 is 23.2 Å². The first kappa shape index (κ1) is 16.1. The molecular formula is C19H20N2O3. The fraction of sp³-hybridized carbons (Fsp3) is 0.263. The summed E-state index contributed by atoms with van der Waals surface area (Å²) in [5.41, 5.74) is 1.99. The number of nitrogens with one attached hydrogen (secondary N) is 2. The lowest BCUT2D eigenvalue weighted by Gasteiger charge is -2.16. The highest BCUT2D eigenvalue weighted by molar-refractivity contribution is 6.01. The smallest absolute Gasteiger partial charge is 0.235 e. The second-order valence-corrected chi connectivity index (χ2v) is 6.02. The van der Waals surface area contributed by atoms with Gasteiger partial charge in [-0.1, -0.05) is 12.1 Å². The zero-order valence-electron chi connectivity index (χ0n) is 13.8. The van der Waals surface area contributed by atoms with Crippen molar-refractivity contribution in [2.45, 2.75) is 25.2 Å². The van der Waals surface area contributed by atoms with Crippen molar-refractivity contribution in [2.24, 2.45) is 0 Å². The van der Waals surface area contributed by atoms with Gasteiger partial charge in [0.1, 0.15) is 5.75 Å². The molecule has 0 bridgehead atoms. The molecule has 124 valence electrons. The molecule has 2 aromatic carbocycles. The third-order valence-electron chi connectivity index (χ3n) is 4.29. The fourth-order valence-electron chi connectivity index (χ4n) is 2.77. The quantitative estimate of drug-likeness (QED) is 0.886. The van der Waals surface area contributed by atoms with Crippen LogP contribution in [0.1, 0.15) is 25.3 Å². The first-order valence-corrected chi connectivity index (χ1v) is 7.87. The van der Waals surface area contributed by atoms with Gasteiger partial charge in [0.25, 0.3) is 0 Å². The molecule has 0 atom stereocenters. The van der Waals surface area contributed by atoms with Crippen molar-refractivity contribution in [1.82, 2.24) is 0 Å². The summed E-state index contributed by atoms with van der Waals surface area (Å²) in [6.07, 6.45) is 1.68. The highest BCUT2D eigenvalue weighted by atomic mass is 16.5. The minimum Gasteiger partial charge on any atom is -0.497 e. The normalized spacial score (nSPS) is 14.6. The van der Waals surface area contributed by atoms with Gasteiger partial charge in [-0.05, 0) is 54.8 Å². The molecule has 1 saturated carbocycles. The van der Waals surface area contributed by atoms with Gasteiger partial charge in [0.2, 0.25) is 11.8 Å². The van der Waals surface area contributed by atoms with Crippen molar-refractivity contribution in [1.29, 1.82) is 0 Å². The minimum absolute atomic E-state index is 0.0000519. The first-order valence-electron chi connectivity index (χ1n) is 7.87. The lowest BCUT2D eigenvalue weighted by atomic mass is 9.95. The highest BCUT2D eigenvalue weighted by Crippen LogP contribution is 2.49. The van der Waals surface area contributed by atoms with Gasteiger partial charge in [-0.15, -0.1) is 0 Å². The number of carbonyl (C=O) groups is 2. The van der Waals surface area contributed by atoms with E-state index in [1.807, 2.05) is 24.3 Å². The molecule has 0 heterocycles. The van der Waals surface area contributed by atoms with Crippen LogP contribution in [0, 0.1) is 0 Å². The SMILES string of the molecule is COc1ccc(C2(C(=O)Nc3ccc(NC(C)=O)cc3)CC2)cc1. The average Bonchev–Trinajstić information content (AvgIpc) is 3.38. The number of rotatable bonds is 5. The average molecular weight is 324 g/mol.